The number of unbranched alkanes of at least 4 members (excludes halogenated alkanes) is 1. The quantitative estimate of drug-likeness (QED) is 0.198. The molecule has 280 valence electrons. The summed E-state index contributed by atoms with van der Waals surface area (Å²) in [7, 11) is -3.56. The normalized spacial score (nSPS) is 24.2. The van der Waals surface area contributed by atoms with Crippen molar-refractivity contribution >= 4 is 39.4 Å². The Morgan fingerprint density at radius 1 is 0.898 bits per heavy atom. The van der Waals surface area contributed by atoms with E-state index in [2.05, 4.69) is 35.1 Å². The number of urea groups is 1. The van der Waals surface area contributed by atoms with Gasteiger partial charge in [-0.25, -0.2) is 13.2 Å². The maximum Gasteiger partial charge on any atom is 0.315 e. The first-order chi connectivity index (χ1) is 22.5. The van der Waals surface area contributed by atoms with E-state index in [1.165, 1.54) is 4.90 Å². The van der Waals surface area contributed by atoms with Crippen LogP contribution in [0.3, 0.4) is 0 Å². The van der Waals surface area contributed by atoms with Crippen molar-refractivity contribution in [2.75, 3.05) is 18.8 Å². The molecule has 1 aliphatic heterocycles. The minimum Gasteiger partial charge on any atom is -0.349 e. The number of piperidine rings is 1. The Labute approximate surface area is 294 Å². The Morgan fingerprint density at radius 3 is 2.04 bits per heavy atom. The lowest BCUT2D eigenvalue weighted by molar-refractivity contribution is -0.145. The van der Waals surface area contributed by atoms with Crippen LogP contribution in [-0.2, 0) is 29.0 Å². The molecule has 5 amide bonds. The summed E-state index contributed by atoms with van der Waals surface area (Å²) in [5.41, 5.74) is -1.91. The Hall–Kier alpha value is -2.70. The van der Waals surface area contributed by atoms with Crippen molar-refractivity contribution < 1.29 is 32.4 Å². The number of hydrogen-bond donors (Lipinski definition) is 4. The van der Waals surface area contributed by atoms with Crippen molar-refractivity contribution in [1.29, 1.82) is 0 Å². The number of Topliss-reactive ketones (excluding diaryl/α,β-unsaturated/α-hetero) is 1. The Kier molecular flexibility index (Phi) is 12.7. The van der Waals surface area contributed by atoms with Gasteiger partial charge in [-0.1, -0.05) is 80.6 Å². The van der Waals surface area contributed by atoms with Gasteiger partial charge in [-0.3, -0.25) is 19.2 Å². The van der Waals surface area contributed by atoms with Crippen molar-refractivity contribution in [3.8, 4) is 0 Å². The monoisotopic (exact) mass is 709 g/mol. The van der Waals surface area contributed by atoms with Gasteiger partial charge in [-0.05, 0) is 69.1 Å². The van der Waals surface area contributed by atoms with Crippen LogP contribution in [0.1, 0.15) is 127 Å². The smallest absolute Gasteiger partial charge is 0.315 e. The van der Waals surface area contributed by atoms with E-state index in [0.29, 0.717) is 45.2 Å². The van der Waals surface area contributed by atoms with Crippen LogP contribution in [0, 0.1) is 22.7 Å². The molecule has 0 aromatic heterocycles. The molecule has 3 fully saturated rings. The van der Waals surface area contributed by atoms with E-state index in [1.54, 1.807) is 20.8 Å². The lowest BCUT2D eigenvalue weighted by atomic mass is 9.83. The van der Waals surface area contributed by atoms with Crippen LogP contribution < -0.4 is 21.3 Å². The molecular formula is C36H63N5O7S. The molecule has 0 bridgehead atoms. The van der Waals surface area contributed by atoms with E-state index < -0.39 is 73.2 Å². The predicted molar refractivity (Wildman–Crippen MR) is 190 cm³/mol. The zero-order valence-electron chi connectivity index (χ0n) is 31.6. The summed E-state index contributed by atoms with van der Waals surface area (Å²) < 4.78 is 25.6. The Morgan fingerprint density at radius 2 is 1.51 bits per heavy atom. The van der Waals surface area contributed by atoms with Gasteiger partial charge >= 0.3 is 6.03 Å². The third-order valence-corrected chi connectivity index (χ3v) is 13.8. The second-order valence-electron chi connectivity index (χ2n) is 17.3. The number of hydrogen-bond acceptors (Lipinski definition) is 7. The fraction of sp³-hybridized carbons (Fsp3) is 0.861. The molecule has 49 heavy (non-hydrogen) atoms. The van der Waals surface area contributed by atoms with E-state index in [1.807, 2.05) is 34.6 Å². The maximum atomic E-state index is 14.4. The average molecular weight is 710 g/mol. The van der Waals surface area contributed by atoms with Crippen LogP contribution in [0.4, 0.5) is 4.79 Å². The number of nitrogens with zero attached hydrogens (tertiary/aromatic N) is 1. The molecule has 1 heterocycles. The molecule has 0 aromatic carbocycles. The number of fused-ring (bicyclic) bond motifs is 1. The van der Waals surface area contributed by atoms with Crippen molar-refractivity contribution in [3.05, 3.63) is 0 Å². The lowest BCUT2D eigenvalue weighted by Crippen LogP contribution is -2.64. The highest BCUT2D eigenvalue weighted by Crippen LogP contribution is 2.65. The predicted octanol–water partition coefficient (Wildman–Crippen LogP) is 3.87. The molecule has 3 rings (SSSR count). The van der Waals surface area contributed by atoms with Gasteiger partial charge in [0.1, 0.15) is 12.1 Å². The topological polar surface area (TPSA) is 171 Å². The molecule has 12 nitrogen and oxygen atoms in total. The number of carbonyl (C=O) groups excluding carboxylic acids is 5. The molecule has 13 heteroatoms. The number of amides is 5. The molecule has 0 radical (unpaired) electrons. The van der Waals surface area contributed by atoms with E-state index >= 15 is 0 Å². The number of nitrogens with one attached hydrogen (secondary N) is 4. The zero-order valence-corrected chi connectivity index (χ0v) is 32.4. The maximum absolute atomic E-state index is 14.4. The number of sulfone groups is 1. The van der Waals surface area contributed by atoms with Crippen molar-refractivity contribution in [2.24, 2.45) is 22.7 Å². The second-order valence-corrected chi connectivity index (χ2v) is 20.1. The summed E-state index contributed by atoms with van der Waals surface area (Å²) >= 11 is 0. The summed E-state index contributed by atoms with van der Waals surface area (Å²) in [4.78, 5) is 69.5. The molecule has 0 aromatic rings. The highest BCUT2D eigenvalue weighted by Gasteiger charge is 2.70. The molecule has 2 saturated carbocycles. The fourth-order valence-electron chi connectivity index (χ4n) is 7.57. The molecule has 2 aliphatic carbocycles. The van der Waals surface area contributed by atoms with Crippen LogP contribution in [0.2, 0.25) is 0 Å². The second kappa shape index (κ2) is 15.3. The summed E-state index contributed by atoms with van der Waals surface area (Å²) in [6.45, 7) is 19.1. The highest BCUT2D eigenvalue weighted by atomic mass is 32.2. The van der Waals surface area contributed by atoms with Gasteiger partial charge < -0.3 is 26.2 Å². The number of carbonyl (C=O) groups is 5. The Bertz CT molecular complexity index is 1360. The van der Waals surface area contributed by atoms with E-state index in [4.69, 9.17) is 0 Å². The molecule has 0 spiro atoms. The Balaban J connectivity index is 1.86. The number of rotatable bonds is 14. The van der Waals surface area contributed by atoms with Crippen LogP contribution >= 0.6 is 0 Å². The largest absolute Gasteiger partial charge is 0.349 e. The third kappa shape index (κ3) is 9.35. The molecule has 1 saturated heterocycles. The highest BCUT2D eigenvalue weighted by molar-refractivity contribution is 7.92. The van der Waals surface area contributed by atoms with Gasteiger partial charge in [-0.2, -0.15) is 0 Å². The van der Waals surface area contributed by atoms with Crippen molar-refractivity contribution in [1.82, 2.24) is 26.2 Å². The van der Waals surface area contributed by atoms with Gasteiger partial charge in [0.25, 0.3) is 5.91 Å². The van der Waals surface area contributed by atoms with Gasteiger partial charge in [0.15, 0.2) is 9.84 Å². The van der Waals surface area contributed by atoms with Crippen LogP contribution in [0.15, 0.2) is 0 Å². The summed E-state index contributed by atoms with van der Waals surface area (Å²) in [5.74, 6) is -2.60. The lowest BCUT2D eigenvalue weighted by Gasteiger charge is -2.41. The minimum absolute atomic E-state index is 0.0624. The number of likely N-dealkylation sites (tertiary alicyclic amines) is 1. The van der Waals surface area contributed by atoms with Crippen molar-refractivity contribution in [3.63, 3.8) is 0 Å². The van der Waals surface area contributed by atoms with Crippen molar-refractivity contribution in [2.45, 2.75) is 155 Å². The van der Waals surface area contributed by atoms with E-state index in [-0.39, 0.29) is 23.0 Å². The standard InChI is InChI=1S/C36H63N5O7S/c1-11-13-17-24(27(42)30(44)37-20-12-2)38-29(43)26-25-23(35(25,9)10)21-41(26)31(45)28(33(3,4)5)39-32(46)40-36(18-15-14-16-19-36)22-49(47,48)34(6,7)8/h23-26,28H,11-22H2,1-10H3,(H,37,44)(H,38,43)(H2,39,40,46)/t23?,24?,25-,26-,28+/m0/s1. The summed E-state index contributed by atoms with van der Waals surface area (Å²) in [5, 5.41) is 11.3. The van der Waals surface area contributed by atoms with Gasteiger partial charge in [0, 0.05) is 13.1 Å². The van der Waals surface area contributed by atoms with Crippen LogP contribution in [0.25, 0.3) is 0 Å². The van der Waals surface area contributed by atoms with Gasteiger partial charge in [-0.15, -0.1) is 0 Å². The number of ketones is 1. The first-order valence-corrected chi connectivity index (χ1v) is 19.9. The third-order valence-electron chi connectivity index (χ3n) is 11.0. The first kappa shape index (κ1) is 40.7. The minimum atomic E-state index is -3.56. The fourth-order valence-corrected chi connectivity index (χ4v) is 9.09. The van der Waals surface area contributed by atoms with E-state index in [9.17, 15) is 32.4 Å². The molecule has 4 N–H and O–H groups in total. The molecular weight excluding hydrogens is 646 g/mol. The molecule has 3 aliphatic rings. The van der Waals surface area contributed by atoms with E-state index in [0.717, 1.165) is 25.7 Å². The van der Waals surface area contributed by atoms with Crippen LogP contribution in [0.5, 0.6) is 0 Å². The van der Waals surface area contributed by atoms with Crippen LogP contribution in [-0.4, -0.2) is 90.1 Å². The first-order valence-electron chi connectivity index (χ1n) is 18.3. The van der Waals surface area contributed by atoms with Gasteiger partial charge in [0.05, 0.1) is 22.1 Å². The SMILES string of the molecule is CCCCC(NC(=O)[C@@H]1[C@@H]2C(CN1C(=O)[C@@H](NC(=O)NC1(CS(=O)(=O)C(C)(C)C)CCCCC1)C(C)(C)C)C2(C)C)C(=O)C(=O)NCCC. The zero-order chi connectivity index (χ0) is 37.2. The molecule has 5 atom stereocenters. The van der Waals surface area contributed by atoms with Gasteiger partial charge in [0.2, 0.25) is 17.6 Å². The molecule has 2 unspecified atom stereocenters. The average Bonchev–Trinajstić information content (AvgIpc) is 3.30. The summed E-state index contributed by atoms with van der Waals surface area (Å²) in [6.07, 6.45) is 5.93. The summed E-state index contributed by atoms with van der Waals surface area (Å²) in [6, 6.07) is -3.53.